The number of rotatable bonds is 5. The number of fused-ring (bicyclic) bond motifs is 1. The Morgan fingerprint density at radius 3 is 2.60 bits per heavy atom. The molecule has 3 aromatic rings. The molecular formula is C23H20N2O4S. The van der Waals surface area contributed by atoms with Gasteiger partial charge in [0.1, 0.15) is 19.0 Å². The van der Waals surface area contributed by atoms with Crippen LogP contribution in [0.3, 0.4) is 0 Å². The number of carbonyl (C=O) groups is 1. The molecule has 30 heavy (non-hydrogen) atoms. The van der Waals surface area contributed by atoms with E-state index in [1.807, 2.05) is 66.7 Å². The van der Waals surface area contributed by atoms with Crippen LogP contribution < -0.4 is 24.8 Å². The predicted octanol–water partition coefficient (Wildman–Crippen LogP) is 3.92. The lowest BCUT2D eigenvalue weighted by atomic mass is 10.2. The van der Waals surface area contributed by atoms with Crippen molar-refractivity contribution in [3.8, 4) is 17.2 Å². The molecule has 3 aromatic carbocycles. The highest BCUT2D eigenvalue weighted by Crippen LogP contribution is 2.30. The smallest absolute Gasteiger partial charge is 0.270 e. The first-order valence-corrected chi connectivity index (χ1v) is 9.85. The first-order valence-electron chi connectivity index (χ1n) is 9.44. The van der Waals surface area contributed by atoms with Crippen LogP contribution in [0.25, 0.3) is 0 Å². The van der Waals surface area contributed by atoms with E-state index in [1.54, 1.807) is 12.1 Å². The van der Waals surface area contributed by atoms with Crippen molar-refractivity contribution in [1.29, 1.82) is 0 Å². The Morgan fingerprint density at radius 1 is 1.00 bits per heavy atom. The average Bonchev–Trinajstić information content (AvgIpc) is 2.78. The standard InChI is InChI=1S/C23H20N2O4S/c26-22(21-15-28-19-11-4-5-12-20(19)29-21)25-23(30)24-17-9-6-10-18(13-17)27-14-16-7-2-1-3-8-16/h1-13,21H,14-15H2,(H2,24,25,26,30)/t21-/m0/s1. The van der Waals surface area contributed by atoms with E-state index in [4.69, 9.17) is 26.4 Å². The molecule has 0 fully saturated rings. The van der Waals surface area contributed by atoms with Crippen LogP contribution in [0.2, 0.25) is 0 Å². The minimum atomic E-state index is -0.778. The summed E-state index contributed by atoms with van der Waals surface area (Å²) in [6, 6.07) is 24.5. The minimum Gasteiger partial charge on any atom is -0.489 e. The van der Waals surface area contributed by atoms with Gasteiger partial charge in [-0.15, -0.1) is 0 Å². The summed E-state index contributed by atoms with van der Waals surface area (Å²) in [5, 5.41) is 5.80. The maximum atomic E-state index is 12.5. The number of hydrogen-bond acceptors (Lipinski definition) is 5. The monoisotopic (exact) mass is 420 g/mol. The fourth-order valence-electron chi connectivity index (χ4n) is 2.91. The second-order valence-corrected chi connectivity index (χ2v) is 7.02. The SMILES string of the molecule is O=C(NC(=S)Nc1cccc(OCc2ccccc2)c1)[C@@H]1COc2ccccc2O1. The Bertz CT molecular complexity index is 1040. The van der Waals surface area contributed by atoms with E-state index in [9.17, 15) is 4.79 Å². The molecule has 0 aromatic heterocycles. The number of anilines is 1. The van der Waals surface area contributed by atoms with Crippen molar-refractivity contribution in [3.63, 3.8) is 0 Å². The molecule has 0 aliphatic carbocycles. The third-order valence-corrected chi connectivity index (χ3v) is 4.58. The van der Waals surface area contributed by atoms with Crippen LogP contribution in [-0.2, 0) is 11.4 Å². The number of carbonyl (C=O) groups excluding carboxylic acids is 1. The fraction of sp³-hybridized carbons (Fsp3) is 0.130. The molecule has 0 bridgehead atoms. The van der Waals surface area contributed by atoms with Gasteiger partial charge in [0.2, 0.25) is 6.10 Å². The minimum absolute atomic E-state index is 0.119. The highest BCUT2D eigenvalue weighted by molar-refractivity contribution is 7.80. The van der Waals surface area contributed by atoms with Gasteiger partial charge in [0.15, 0.2) is 16.6 Å². The molecule has 6 nitrogen and oxygen atoms in total. The largest absolute Gasteiger partial charge is 0.489 e. The maximum absolute atomic E-state index is 12.5. The highest BCUT2D eigenvalue weighted by Gasteiger charge is 2.27. The van der Waals surface area contributed by atoms with E-state index < -0.39 is 6.10 Å². The predicted molar refractivity (Wildman–Crippen MR) is 118 cm³/mol. The molecular weight excluding hydrogens is 400 g/mol. The van der Waals surface area contributed by atoms with E-state index >= 15 is 0 Å². The number of thiocarbonyl (C=S) groups is 1. The summed E-state index contributed by atoms with van der Waals surface area (Å²) in [5.74, 6) is 1.47. The zero-order chi connectivity index (χ0) is 20.8. The number of para-hydroxylation sites is 2. The summed E-state index contributed by atoms with van der Waals surface area (Å²) >= 11 is 5.26. The third kappa shape index (κ3) is 5.07. The van der Waals surface area contributed by atoms with Gasteiger partial charge in [-0.2, -0.15) is 0 Å². The summed E-state index contributed by atoms with van der Waals surface area (Å²) in [4.78, 5) is 12.5. The lowest BCUT2D eigenvalue weighted by Crippen LogP contribution is -2.47. The van der Waals surface area contributed by atoms with Crippen LogP contribution in [0.15, 0.2) is 78.9 Å². The number of hydrogen-bond donors (Lipinski definition) is 2. The van der Waals surface area contributed by atoms with Crippen molar-refractivity contribution < 1.29 is 19.0 Å². The van der Waals surface area contributed by atoms with E-state index in [1.165, 1.54) is 0 Å². The van der Waals surface area contributed by atoms with E-state index in [2.05, 4.69) is 10.6 Å². The molecule has 7 heteroatoms. The number of amides is 1. The van der Waals surface area contributed by atoms with Crippen LogP contribution in [0.5, 0.6) is 17.2 Å². The molecule has 0 spiro atoms. The van der Waals surface area contributed by atoms with Crippen molar-refractivity contribution in [2.75, 3.05) is 11.9 Å². The number of benzene rings is 3. The van der Waals surface area contributed by atoms with Crippen LogP contribution in [0.4, 0.5) is 5.69 Å². The van der Waals surface area contributed by atoms with E-state index in [0.29, 0.717) is 29.5 Å². The van der Waals surface area contributed by atoms with Gasteiger partial charge in [0.25, 0.3) is 5.91 Å². The molecule has 1 atom stereocenters. The van der Waals surface area contributed by atoms with Gasteiger partial charge in [0.05, 0.1) is 0 Å². The van der Waals surface area contributed by atoms with Crippen molar-refractivity contribution in [2.24, 2.45) is 0 Å². The Hall–Kier alpha value is -3.58. The number of nitrogens with one attached hydrogen (secondary N) is 2. The first-order chi connectivity index (χ1) is 14.7. The molecule has 2 N–H and O–H groups in total. The van der Waals surface area contributed by atoms with Crippen molar-refractivity contribution >= 4 is 28.9 Å². The van der Waals surface area contributed by atoms with Gasteiger partial charge in [-0.25, -0.2) is 0 Å². The molecule has 0 unspecified atom stereocenters. The van der Waals surface area contributed by atoms with Crippen LogP contribution in [0, 0.1) is 0 Å². The summed E-state index contributed by atoms with van der Waals surface area (Å²) in [6.45, 7) is 0.584. The van der Waals surface area contributed by atoms with Crippen molar-refractivity contribution in [3.05, 3.63) is 84.4 Å². The topological polar surface area (TPSA) is 68.8 Å². The van der Waals surface area contributed by atoms with Crippen LogP contribution in [0.1, 0.15) is 5.56 Å². The Morgan fingerprint density at radius 2 is 1.77 bits per heavy atom. The lowest BCUT2D eigenvalue weighted by Gasteiger charge is -2.25. The van der Waals surface area contributed by atoms with E-state index in [0.717, 1.165) is 5.56 Å². The fourth-order valence-corrected chi connectivity index (χ4v) is 3.13. The molecule has 1 heterocycles. The highest BCUT2D eigenvalue weighted by atomic mass is 32.1. The average molecular weight is 420 g/mol. The quantitative estimate of drug-likeness (QED) is 0.610. The Balaban J connectivity index is 1.30. The van der Waals surface area contributed by atoms with Gasteiger partial charge in [-0.1, -0.05) is 48.5 Å². The molecule has 1 aliphatic rings. The van der Waals surface area contributed by atoms with Gasteiger partial charge in [-0.3, -0.25) is 10.1 Å². The zero-order valence-corrected chi connectivity index (χ0v) is 16.9. The molecule has 4 rings (SSSR count). The normalized spacial score (nSPS) is 14.5. The lowest BCUT2D eigenvalue weighted by molar-refractivity contribution is -0.128. The third-order valence-electron chi connectivity index (χ3n) is 4.38. The zero-order valence-electron chi connectivity index (χ0n) is 16.0. The van der Waals surface area contributed by atoms with E-state index in [-0.39, 0.29) is 17.6 Å². The molecule has 0 saturated carbocycles. The summed E-state index contributed by atoms with van der Waals surface area (Å²) < 4.78 is 17.1. The summed E-state index contributed by atoms with van der Waals surface area (Å²) in [7, 11) is 0. The molecule has 152 valence electrons. The van der Waals surface area contributed by atoms with Crippen LogP contribution >= 0.6 is 12.2 Å². The molecule has 0 radical (unpaired) electrons. The first kappa shape index (κ1) is 19.7. The van der Waals surface area contributed by atoms with Crippen molar-refractivity contribution in [1.82, 2.24) is 5.32 Å². The number of ether oxygens (including phenoxy) is 3. The second-order valence-electron chi connectivity index (χ2n) is 6.61. The Labute approximate surface area is 179 Å². The van der Waals surface area contributed by atoms with Crippen molar-refractivity contribution in [2.45, 2.75) is 12.7 Å². The summed E-state index contributed by atoms with van der Waals surface area (Å²) in [6.07, 6.45) is -0.778. The van der Waals surface area contributed by atoms with Gasteiger partial charge >= 0.3 is 0 Å². The summed E-state index contributed by atoms with van der Waals surface area (Å²) in [5.41, 5.74) is 1.78. The van der Waals surface area contributed by atoms with Gasteiger partial charge < -0.3 is 19.5 Å². The Kier molecular flexibility index (Phi) is 6.10. The van der Waals surface area contributed by atoms with Crippen LogP contribution in [-0.4, -0.2) is 23.7 Å². The molecule has 1 amide bonds. The molecule has 0 saturated heterocycles. The maximum Gasteiger partial charge on any atom is 0.270 e. The second kappa shape index (κ2) is 9.28. The van der Waals surface area contributed by atoms with Gasteiger partial charge in [0, 0.05) is 11.8 Å². The molecule has 1 aliphatic heterocycles. The van der Waals surface area contributed by atoms with Gasteiger partial charge in [-0.05, 0) is 42.0 Å².